The monoisotopic (exact) mass is 976 g/mol. The molecule has 0 radical (unpaired) electrons. The molecule has 6 aromatic carbocycles. The number of quaternary nitrogens is 1. The van der Waals surface area contributed by atoms with E-state index in [1.165, 1.54) is 0 Å². The summed E-state index contributed by atoms with van der Waals surface area (Å²) in [6, 6.07) is 54.5. The van der Waals surface area contributed by atoms with Crippen molar-refractivity contribution in [3.8, 4) is 68.8 Å². The van der Waals surface area contributed by atoms with Gasteiger partial charge >= 0.3 is 0 Å². The minimum atomic E-state index is -0.182. The lowest BCUT2D eigenvalue weighted by Gasteiger charge is -2.52. The Labute approximate surface area is 438 Å². The average molecular weight is 976 g/mol. The molecule has 0 aliphatic carbocycles. The van der Waals surface area contributed by atoms with Crippen molar-refractivity contribution in [2.45, 2.75) is 95.9 Å². The second-order valence-electron chi connectivity index (χ2n) is 25.4. The third-order valence-corrected chi connectivity index (χ3v) is 14.6. The number of nitrogens with zero attached hydrogens (tertiary/aromatic N) is 4. The van der Waals surface area contributed by atoms with Crippen LogP contribution in [0.4, 0.5) is 0 Å². The van der Waals surface area contributed by atoms with Gasteiger partial charge in [0.2, 0.25) is 0 Å². The van der Waals surface area contributed by atoms with Gasteiger partial charge in [-0.25, -0.2) is 0 Å². The standard InChI is InChI=1S/C66H79N4O3/c1-61(2,41-63(5,6)46-71-58-32-26-55(27-33-58)52-20-14-49(38-67)15-21-52)43-70(13,45-65(9,10)66(11,12)48-73-60-36-30-57(31-37-60)54-24-18-51(40-69)19-25-54)44-62(3,4)42-64(7,8)47-72-59-34-28-56(29-35-59)53-22-16-50(39-68)17-23-53/h14-37H,41-48H2,1-13H3/q+1. The van der Waals surface area contributed by atoms with Gasteiger partial charge < -0.3 is 18.7 Å². The van der Waals surface area contributed by atoms with Crippen LogP contribution in [-0.4, -0.2) is 51.0 Å². The highest BCUT2D eigenvalue weighted by Crippen LogP contribution is 2.46. The first kappa shape index (κ1) is 55.5. The first-order valence-electron chi connectivity index (χ1n) is 25.8. The van der Waals surface area contributed by atoms with Crippen molar-refractivity contribution in [3.05, 3.63) is 162 Å². The summed E-state index contributed by atoms with van der Waals surface area (Å²) in [6.07, 6.45) is 1.96. The zero-order chi connectivity index (χ0) is 53.3. The van der Waals surface area contributed by atoms with E-state index in [2.05, 4.69) is 157 Å². The predicted octanol–water partition coefficient (Wildman–Crippen LogP) is 16.2. The van der Waals surface area contributed by atoms with Crippen LogP contribution in [0.3, 0.4) is 0 Å². The lowest BCUT2D eigenvalue weighted by Crippen LogP contribution is -2.60. The number of benzene rings is 6. The SMILES string of the molecule is CC(C)(COc1ccc(-c2ccc(C#N)cc2)cc1)CC(C)(C)C[N+](C)(CC(C)(C)CC(C)(C)COc1ccc(-c2ccc(C#N)cc2)cc1)CC(C)(C)C(C)(C)COc1ccc(-c2ccc(C#N)cc2)cc1. The molecule has 0 aliphatic heterocycles. The highest BCUT2D eigenvalue weighted by atomic mass is 16.5. The zero-order valence-corrected chi connectivity index (χ0v) is 46.0. The van der Waals surface area contributed by atoms with Gasteiger partial charge in [0.1, 0.15) is 17.2 Å². The van der Waals surface area contributed by atoms with Crippen LogP contribution >= 0.6 is 0 Å². The molecule has 0 spiro atoms. The first-order chi connectivity index (χ1) is 34.2. The van der Waals surface area contributed by atoms with E-state index in [0.29, 0.717) is 36.5 Å². The van der Waals surface area contributed by atoms with E-state index in [-0.39, 0.29) is 32.5 Å². The van der Waals surface area contributed by atoms with Crippen LogP contribution in [0.2, 0.25) is 0 Å². The molecule has 0 amide bonds. The summed E-state index contributed by atoms with van der Waals surface area (Å²) in [4.78, 5) is 0. The molecule has 0 aliphatic rings. The zero-order valence-electron chi connectivity index (χ0n) is 46.0. The maximum Gasteiger partial charge on any atom is 0.119 e. The third kappa shape index (κ3) is 15.8. The molecule has 0 fully saturated rings. The third-order valence-electron chi connectivity index (χ3n) is 14.6. The smallest absolute Gasteiger partial charge is 0.119 e. The quantitative estimate of drug-likeness (QED) is 0.0593. The molecule has 7 heteroatoms. The molecule has 6 aromatic rings. The summed E-state index contributed by atoms with van der Waals surface area (Å²) in [7, 11) is 2.49. The second-order valence-corrected chi connectivity index (χ2v) is 25.4. The fraction of sp³-hybridized carbons (Fsp3) is 0.409. The minimum Gasteiger partial charge on any atom is -0.493 e. The van der Waals surface area contributed by atoms with Gasteiger partial charge in [0.05, 0.1) is 81.4 Å². The van der Waals surface area contributed by atoms with Gasteiger partial charge in [-0.15, -0.1) is 0 Å². The van der Waals surface area contributed by atoms with Crippen LogP contribution in [0.5, 0.6) is 17.2 Å². The van der Waals surface area contributed by atoms with Gasteiger partial charge in [-0.1, -0.05) is 156 Å². The molecular weight excluding hydrogens is 897 g/mol. The second kappa shape index (κ2) is 22.5. The molecule has 0 heterocycles. The minimum absolute atomic E-state index is 0.0346. The van der Waals surface area contributed by atoms with Crippen LogP contribution in [0, 0.1) is 66.5 Å². The van der Waals surface area contributed by atoms with Crippen molar-refractivity contribution >= 4 is 0 Å². The first-order valence-corrected chi connectivity index (χ1v) is 25.8. The van der Waals surface area contributed by atoms with Crippen molar-refractivity contribution < 1.29 is 18.7 Å². The summed E-state index contributed by atoms with van der Waals surface area (Å²) in [5.74, 6) is 2.55. The molecule has 0 saturated heterocycles. The van der Waals surface area contributed by atoms with Crippen molar-refractivity contribution in [2.75, 3.05) is 46.5 Å². The van der Waals surface area contributed by atoms with E-state index in [9.17, 15) is 15.8 Å². The average Bonchev–Trinajstić information content (AvgIpc) is 3.33. The topological polar surface area (TPSA) is 99.1 Å². The lowest BCUT2D eigenvalue weighted by atomic mass is 9.66. The Morgan fingerprint density at radius 1 is 0.329 bits per heavy atom. The molecule has 0 bridgehead atoms. The van der Waals surface area contributed by atoms with E-state index in [1.54, 1.807) is 0 Å². The van der Waals surface area contributed by atoms with E-state index < -0.39 is 0 Å². The van der Waals surface area contributed by atoms with E-state index in [1.807, 2.05) is 97.1 Å². The van der Waals surface area contributed by atoms with Crippen molar-refractivity contribution in [2.24, 2.45) is 32.5 Å². The normalized spacial score (nSPS) is 12.6. The summed E-state index contributed by atoms with van der Waals surface area (Å²) >= 11 is 0. The molecule has 380 valence electrons. The van der Waals surface area contributed by atoms with E-state index >= 15 is 0 Å². The molecule has 7 nitrogen and oxygen atoms in total. The highest BCUT2D eigenvalue weighted by Gasteiger charge is 2.48. The fourth-order valence-electron chi connectivity index (χ4n) is 11.7. The summed E-state index contributed by atoms with van der Waals surface area (Å²) in [5, 5.41) is 27.7. The number of nitriles is 3. The number of hydrogen-bond acceptors (Lipinski definition) is 6. The van der Waals surface area contributed by atoms with Crippen LogP contribution < -0.4 is 14.2 Å². The summed E-state index contributed by atoms with van der Waals surface area (Å²) in [5.41, 5.74) is 7.86. The highest BCUT2D eigenvalue weighted by molar-refractivity contribution is 5.67. The van der Waals surface area contributed by atoms with E-state index in [0.717, 1.165) is 87.6 Å². The number of rotatable bonds is 23. The van der Waals surface area contributed by atoms with Crippen molar-refractivity contribution in [1.29, 1.82) is 15.8 Å². The number of ether oxygens (including phenoxy) is 3. The van der Waals surface area contributed by atoms with Gasteiger partial charge in [0, 0.05) is 21.7 Å². The fourth-order valence-corrected chi connectivity index (χ4v) is 11.7. The van der Waals surface area contributed by atoms with Crippen LogP contribution in [0.25, 0.3) is 33.4 Å². The molecule has 0 atom stereocenters. The van der Waals surface area contributed by atoms with Gasteiger partial charge in [-0.05, 0) is 130 Å². The van der Waals surface area contributed by atoms with Gasteiger partial charge in [-0.3, -0.25) is 0 Å². The van der Waals surface area contributed by atoms with Crippen LogP contribution in [-0.2, 0) is 0 Å². The van der Waals surface area contributed by atoms with Gasteiger partial charge in [0.15, 0.2) is 0 Å². The molecule has 0 N–H and O–H groups in total. The Morgan fingerprint density at radius 2 is 0.575 bits per heavy atom. The molecule has 0 saturated carbocycles. The summed E-state index contributed by atoms with van der Waals surface area (Å²) < 4.78 is 20.6. The molecule has 0 unspecified atom stereocenters. The molecule has 0 aromatic heterocycles. The Hall–Kier alpha value is -6.85. The Balaban J connectivity index is 1.16. The largest absolute Gasteiger partial charge is 0.493 e. The Bertz CT molecular complexity index is 2740. The lowest BCUT2D eigenvalue weighted by molar-refractivity contribution is -0.928. The molecular formula is C66H79N4O3+. The van der Waals surface area contributed by atoms with Crippen LogP contribution in [0.15, 0.2) is 146 Å². The maximum atomic E-state index is 9.26. The number of hydrogen-bond donors (Lipinski definition) is 0. The van der Waals surface area contributed by atoms with Gasteiger partial charge in [-0.2, -0.15) is 15.8 Å². The summed E-state index contributed by atoms with van der Waals surface area (Å²) in [6.45, 7) is 33.3. The maximum absolute atomic E-state index is 9.26. The van der Waals surface area contributed by atoms with E-state index in [4.69, 9.17) is 14.2 Å². The van der Waals surface area contributed by atoms with Crippen molar-refractivity contribution in [3.63, 3.8) is 0 Å². The Kier molecular flexibility index (Phi) is 17.1. The Morgan fingerprint density at radius 3 is 0.836 bits per heavy atom. The van der Waals surface area contributed by atoms with Crippen molar-refractivity contribution in [1.82, 2.24) is 0 Å². The van der Waals surface area contributed by atoms with Gasteiger partial charge in [0.25, 0.3) is 0 Å². The molecule has 6 rings (SSSR count). The van der Waals surface area contributed by atoms with Crippen LogP contribution in [0.1, 0.15) is 113 Å². The predicted molar refractivity (Wildman–Crippen MR) is 299 cm³/mol. The molecule has 73 heavy (non-hydrogen) atoms.